The highest BCUT2D eigenvalue weighted by atomic mass is 16.5. The Morgan fingerprint density at radius 2 is 1.63 bits per heavy atom. The predicted molar refractivity (Wildman–Crippen MR) is 115 cm³/mol. The van der Waals surface area contributed by atoms with Gasteiger partial charge in [0.1, 0.15) is 0 Å². The first-order valence-electron chi connectivity index (χ1n) is 10.1. The lowest BCUT2D eigenvalue weighted by atomic mass is 10.1. The summed E-state index contributed by atoms with van der Waals surface area (Å²) in [7, 11) is 4.66. The molecule has 166 valence electrons. The van der Waals surface area contributed by atoms with Crippen molar-refractivity contribution in [3.05, 3.63) is 23.8 Å². The summed E-state index contributed by atoms with van der Waals surface area (Å²) in [4.78, 5) is 27.7. The van der Waals surface area contributed by atoms with Crippen LogP contribution in [0.25, 0.3) is 6.08 Å². The molecule has 2 amide bonds. The van der Waals surface area contributed by atoms with Crippen molar-refractivity contribution in [2.24, 2.45) is 0 Å². The number of carbonyl (C=O) groups is 2. The van der Waals surface area contributed by atoms with Crippen molar-refractivity contribution >= 4 is 17.9 Å². The van der Waals surface area contributed by atoms with Crippen LogP contribution in [-0.2, 0) is 9.59 Å². The summed E-state index contributed by atoms with van der Waals surface area (Å²) in [6.07, 6.45) is 3.29. The molecule has 0 aromatic heterocycles. The summed E-state index contributed by atoms with van der Waals surface area (Å²) >= 11 is 0. The maximum absolute atomic E-state index is 12.6. The van der Waals surface area contributed by atoms with Gasteiger partial charge < -0.3 is 29.3 Å². The third-order valence-electron chi connectivity index (χ3n) is 4.81. The molecule has 8 nitrogen and oxygen atoms in total. The predicted octanol–water partition coefficient (Wildman–Crippen LogP) is 0.367. The quantitative estimate of drug-likeness (QED) is 0.623. The largest absolute Gasteiger partial charge is 0.493 e. The Balaban J connectivity index is 1.93. The van der Waals surface area contributed by atoms with Crippen molar-refractivity contribution in [3.8, 4) is 17.2 Å². The SMILES string of the molecule is COc1cc(/C=C/C(=O)N2CC[NH+](CC(=O)NC(C)(C)C)CC2)cc(OC)c1OC. The second kappa shape index (κ2) is 10.3. The number of methoxy groups -OCH3 is 3. The van der Waals surface area contributed by atoms with E-state index in [0.717, 1.165) is 18.7 Å². The summed E-state index contributed by atoms with van der Waals surface area (Å²) in [5, 5.41) is 2.98. The van der Waals surface area contributed by atoms with E-state index in [9.17, 15) is 9.59 Å². The maximum Gasteiger partial charge on any atom is 0.275 e. The number of carbonyl (C=O) groups excluding carboxylic acids is 2. The normalized spacial score (nSPS) is 15.2. The van der Waals surface area contributed by atoms with Crippen LogP contribution in [0, 0.1) is 0 Å². The van der Waals surface area contributed by atoms with Crippen molar-refractivity contribution in [2.45, 2.75) is 26.3 Å². The topological polar surface area (TPSA) is 81.5 Å². The zero-order valence-corrected chi connectivity index (χ0v) is 18.8. The monoisotopic (exact) mass is 420 g/mol. The van der Waals surface area contributed by atoms with Crippen LogP contribution < -0.4 is 24.4 Å². The second-order valence-electron chi connectivity index (χ2n) is 8.34. The number of hydrogen-bond donors (Lipinski definition) is 2. The standard InChI is InChI=1S/C22H33N3O5/c1-22(2,3)23-19(26)15-24-9-11-25(12-10-24)20(27)8-7-16-13-17(28-4)21(30-6)18(14-16)29-5/h7-8,13-14H,9-12,15H2,1-6H3,(H,23,26)/p+1/b8-7+. The fraction of sp³-hybridized carbons (Fsp3) is 0.545. The number of rotatable bonds is 7. The van der Waals surface area contributed by atoms with E-state index in [1.54, 1.807) is 50.5 Å². The van der Waals surface area contributed by atoms with E-state index < -0.39 is 0 Å². The van der Waals surface area contributed by atoms with Crippen LogP contribution in [0.3, 0.4) is 0 Å². The van der Waals surface area contributed by atoms with Crippen LogP contribution in [-0.4, -0.2) is 76.3 Å². The Hall–Kier alpha value is -2.74. The van der Waals surface area contributed by atoms with E-state index in [0.29, 0.717) is 36.9 Å². The van der Waals surface area contributed by atoms with Crippen molar-refractivity contribution in [3.63, 3.8) is 0 Å². The Bertz CT molecular complexity index is 752. The lowest BCUT2D eigenvalue weighted by Gasteiger charge is -2.32. The van der Waals surface area contributed by atoms with Gasteiger partial charge in [0.2, 0.25) is 11.7 Å². The van der Waals surface area contributed by atoms with Crippen molar-refractivity contribution in [1.82, 2.24) is 10.2 Å². The Morgan fingerprint density at radius 3 is 2.10 bits per heavy atom. The first-order valence-corrected chi connectivity index (χ1v) is 10.1. The minimum absolute atomic E-state index is 0.0413. The molecule has 0 unspecified atom stereocenters. The molecule has 1 saturated heterocycles. The molecular weight excluding hydrogens is 386 g/mol. The van der Waals surface area contributed by atoms with Crippen LogP contribution >= 0.6 is 0 Å². The fourth-order valence-corrected chi connectivity index (χ4v) is 3.38. The summed E-state index contributed by atoms with van der Waals surface area (Å²) in [5.74, 6) is 1.57. The maximum atomic E-state index is 12.6. The van der Waals surface area contributed by atoms with Crippen LogP contribution in [0.4, 0.5) is 0 Å². The third-order valence-corrected chi connectivity index (χ3v) is 4.81. The van der Waals surface area contributed by atoms with Gasteiger partial charge in [0.15, 0.2) is 18.0 Å². The number of hydrogen-bond acceptors (Lipinski definition) is 5. The van der Waals surface area contributed by atoms with Gasteiger partial charge in [-0.25, -0.2) is 0 Å². The highest BCUT2D eigenvalue weighted by Crippen LogP contribution is 2.38. The molecule has 0 atom stereocenters. The van der Waals surface area contributed by atoms with E-state index in [-0.39, 0.29) is 17.4 Å². The van der Waals surface area contributed by atoms with Crippen LogP contribution in [0.5, 0.6) is 17.2 Å². The Labute approximate surface area is 178 Å². The highest BCUT2D eigenvalue weighted by molar-refractivity contribution is 5.92. The van der Waals surface area contributed by atoms with Gasteiger partial charge in [-0.05, 0) is 44.5 Å². The van der Waals surface area contributed by atoms with Crippen molar-refractivity contribution < 1.29 is 28.7 Å². The molecule has 8 heteroatoms. The molecular formula is C22H34N3O5+. The summed E-state index contributed by atoms with van der Waals surface area (Å²) in [6.45, 7) is 9.09. The molecule has 2 N–H and O–H groups in total. The molecule has 0 saturated carbocycles. The molecule has 1 aromatic carbocycles. The van der Waals surface area contributed by atoms with E-state index in [4.69, 9.17) is 14.2 Å². The third kappa shape index (κ3) is 6.66. The van der Waals surface area contributed by atoms with Crippen LogP contribution in [0.1, 0.15) is 26.3 Å². The van der Waals surface area contributed by atoms with Crippen LogP contribution in [0.2, 0.25) is 0 Å². The van der Waals surface area contributed by atoms with E-state index in [1.165, 1.54) is 4.90 Å². The van der Waals surface area contributed by atoms with Gasteiger partial charge in [0.25, 0.3) is 5.91 Å². The minimum Gasteiger partial charge on any atom is -0.493 e. The smallest absolute Gasteiger partial charge is 0.275 e. The molecule has 1 heterocycles. The molecule has 1 aliphatic heterocycles. The molecule has 1 aliphatic rings. The zero-order valence-electron chi connectivity index (χ0n) is 18.8. The molecule has 2 rings (SSSR count). The zero-order chi connectivity index (χ0) is 22.3. The number of nitrogens with one attached hydrogen (secondary N) is 2. The lowest BCUT2D eigenvalue weighted by molar-refractivity contribution is -0.896. The summed E-state index contributed by atoms with van der Waals surface area (Å²) in [6, 6.07) is 3.59. The van der Waals surface area contributed by atoms with Crippen molar-refractivity contribution in [2.75, 3.05) is 54.1 Å². The fourth-order valence-electron chi connectivity index (χ4n) is 3.38. The summed E-state index contributed by atoms with van der Waals surface area (Å²) in [5.41, 5.74) is 0.548. The number of piperazine rings is 1. The molecule has 30 heavy (non-hydrogen) atoms. The van der Waals surface area contributed by atoms with E-state index in [2.05, 4.69) is 5.32 Å². The van der Waals surface area contributed by atoms with Gasteiger partial charge in [-0.1, -0.05) is 0 Å². The molecule has 0 radical (unpaired) electrons. The molecule has 0 bridgehead atoms. The molecule has 0 spiro atoms. The van der Waals surface area contributed by atoms with Gasteiger partial charge in [0.05, 0.1) is 47.5 Å². The Kier molecular flexibility index (Phi) is 8.11. The first-order chi connectivity index (χ1) is 14.2. The number of benzene rings is 1. The Morgan fingerprint density at radius 1 is 1.07 bits per heavy atom. The van der Waals surface area contributed by atoms with E-state index in [1.807, 2.05) is 20.8 Å². The number of ether oxygens (including phenoxy) is 3. The second-order valence-corrected chi connectivity index (χ2v) is 8.34. The molecule has 1 fully saturated rings. The minimum atomic E-state index is -0.230. The number of amides is 2. The van der Waals surface area contributed by atoms with Crippen molar-refractivity contribution in [1.29, 1.82) is 0 Å². The number of quaternary nitrogens is 1. The first kappa shape index (κ1) is 23.5. The average molecular weight is 421 g/mol. The van der Waals surface area contributed by atoms with Gasteiger partial charge >= 0.3 is 0 Å². The lowest BCUT2D eigenvalue weighted by Crippen LogP contribution is -3.16. The average Bonchev–Trinajstić information content (AvgIpc) is 2.70. The van der Waals surface area contributed by atoms with Gasteiger partial charge in [0, 0.05) is 11.6 Å². The number of nitrogens with zero attached hydrogens (tertiary/aromatic N) is 1. The van der Waals surface area contributed by atoms with Gasteiger partial charge in [-0.3, -0.25) is 9.59 Å². The highest BCUT2D eigenvalue weighted by Gasteiger charge is 2.25. The molecule has 0 aliphatic carbocycles. The van der Waals surface area contributed by atoms with Gasteiger partial charge in [-0.15, -0.1) is 0 Å². The van der Waals surface area contributed by atoms with Gasteiger partial charge in [-0.2, -0.15) is 0 Å². The van der Waals surface area contributed by atoms with Crippen LogP contribution in [0.15, 0.2) is 18.2 Å². The van der Waals surface area contributed by atoms with E-state index >= 15 is 0 Å². The summed E-state index contributed by atoms with van der Waals surface area (Å²) < 4.78 is 16.0. The molecule has 1 aromatic rings.